The number of aryl methyl sites for hydroxylation is 1. The average Bonchev–Trinajstić information content (AvgIpc) is 2.44. The average molecular weight is 256 g/mol. The Hall–Kier alpha value is -1.87. The molecule has 0 unspecified atom stereocenters. The summed E-state index contributed by atoms with van der Waals surface area (Å²) in [7, 11) is 0. The first kappa shape index (κ1) is 13.6. The van der Waals surface area contributed by atoms with Gasteiger partial charge in [0.15, 0.2) is 0 Å². The summed E-state index contributed by atoms with van der Waals surface area (Å²) in [6, 6.07) is 11.9. The molecule has 0 aliphatic heterocycles. The number of para-hydroxylation sites is 1. The van der Waals surface area contributed by atoms with Crippen LogP contribution in [-0.2, 0) is 6.54 Å². The van der Waals surface area contributed by atoms with Gasteiger partial charge in [0.2, 0.25) is 5.88 Å². The van der Waals surface area contributed by atoms with Crippen molar-refractivity contribution in [3.63, 3.8) is 0 Å². The van der Waals surface area contributed by atoms with Gasteiger partial charge in [-0.3, -0.25) is 0 Å². The fraction of sp³-hybridized carbons (Fsp3) is 0.312. The van der Waals surface area contributed by atoms with E-state index in [0.29, 0.717) is 5.88 Å². The molecule has 1 aromatic heterocycles. The molecular weight excluding hydrogens is 236 g/mol. The molecule has 19 heavy (non-hydrogen) atoms. The third-order valence-corrected chi connectivity index (χ3v) is 2.86. The Balaban J connectivity index is 1.97. The van der Waals surface area contributed by atoms with E-state index in [1.165, 1.54) is 5.56 Å². The topological polar surface area (TPSA) is 34.1 Å². The molecule has 0 radical (unpaired) electrons. The van der Waals surface area contributed by atoms with E-state index in [1.807, 2.05) is 49.5 Å². The first-order valence-electron chi connectivity index (χ1n) is 6.68. The van der Waals surface area contributed by atoms with Crippen LogP contribution in [0.15, 0.2) is 42.6 Å². The molecule has 1 heterocycles. The number of aromatic nitrogens is 1. The highest BCUT2D eigenvalue weighted by molar-refractivity contribution is 5.35. The standard InChI is InChI=1S/C16H20N2O/c1-3-10-17-11-14-8-9-16(18-12-14)19-15-7-5-4-6-13(15)2/h4-9,12,17H,3,10-11H2,1-2H3. The minimum absolute atomic E-state index is 0.633. The minimum atomic E-state index is 0.633. The lowest BCUT2D eigenvalue weighted by Crippen LogP contribution is -2.13. The molecule has 0 aliphatic carbocycles. The summed E-state index contributed by atoms with van der Waals surface area (Å²) in [6.45, 7) is 6.07. The second-order valence-corrected chi connectivity index (χ2v) is 4.55. The van der Waals surface area contributed by atoms with Crippen molar-refractivity contribution < 1.29 is 4.74 Å². The van der Waals surface area contributed by atoms with Crippen LogP contribution in [0.4, 0.5) is 0 Å². The zero-order valence-corrected chi connectivity index (χ0v) is 11.5. The maximum absolute atomic E-state index is 5.76. The summed E-state index contributed by atoms with van der Waals surface area (Å²) in [5.41, 5.74) is 2.28. The second kappa shape index (κ2) is 6.90. The SMILES string of the molecule is CCCNCc1ccc(Oc2ccccc2C)nc1. The van der Waals surface area contributed by atoms with E-state index >= 15 is 0 Å². The fourth-order valence-corrected chi connectivity index (χ4v) is 1.77. The van der Waals surface area contributed by atoms with Gasteiger partial charge in [0, 0.05) is 18.8 Å². The Bertz CT molecular complexity index is 508. The highest BCUT2D eigenvalue weighted by Crippen LogP contribution is 2.22. The van der Waals surface area contributed by atoms with Crippen molar-refractivity contribution in [2.24, 2.45) is 0 Å². The molecular formula is C16H20N2O. The Morgan fingerprint density at radius 3 is 2.68 bits per heavy atom. The molecule has 0 spiro atoms. The summed E-state index contributed by atoms with van der Waals surface area (Å²) in [6.07, 6.45) is 3.00. The molecule has 0 bridgehead atoms. The third kappa shape index (κ3) is 4.07. The van der Waals surface area contributed by atoms with Crippen molar-refractivity contribution in [2.45, 2.75) is 26.8 Å². The van der Waals surface area contributed by atoms with Gasteiger partial charge in [-0.15, -0.1) is 0 Å². The van der Waals surface area contributed by atoms with Crippen LogP contribution in [0, 0.1) is 6.92 Å². The molecule has 0 aliphatic rings. The molecule has 100 valence electrons. The van der Waals surface area contributed by atoms with Gasteiger partial charge in [0.1, 0.15) is 5.75 Å². The van der Waals surface area contributed by atoms with Crippen LogP contribution in [0.2, 0.25) is 0 Å². The van der Waals surface area contributed by atoms with Crippen LogP contribution in [-0.4, -0.2) is 11.5 Å². The molecule has 3 nitrogen and oxygen atoms in total. The zero-order valence-electron chi connectivity index (χ0n) is 11.5. The van der Waals surface area contributed by atoms with E-state index in [9.17, 15) is 0 Å². The lowest BCUT2D eigenvalue weighted by Gasteiger charge is -2.08. The largest absolute Gasteiger partial charge is 0.439 e. The molecule has 0 saturated heterocycles. The minimum Gasteiger partial charge on any atom is -0.439 e. The maximum atomic E-state index is 5.76. The van der Waals surface area contributed by atoms with Gasteiger partial charge in [-0.05, 0) is 37.1 Å². The molecule has 1 aromatic carbocycles. The zero-order chi connectivity index (χ0) is 13.5. The van der Waals surface area contributed by atoms with Crippen LogP contribution in [0.25, 0.3) is 0 Å². The number of hydrogen-bond donors (Lipinski definition) is 1. The smallest absolute Gasteiger partial charge is 0.219 e. The lowest BCUT2D eigenvalue weighted by molar-refractivity contribution is 0.459. The van der Waals surface area contributed by atoms with Crippen molar-refractivity contribution in [3.8, 4) is 11.6 Å². The van der Waals surface area contributed by atoms with Gasteiger partial charge in [-0.2, -0.15) is 0 Å². The van der Waals surface area contributed by atoms with Crippen molar-refractivity contribution in [3.05, 3.63) is 53.7 Å². The molecule has 0 atom stereocenters. The summed E-state index contributed by atoms with van der Waals surface area (Å²) in [5.74, 6) is 1.49. The second-order valence-electron chi connectivity index (χ2n) is 4.55. The molecule has 2 aromatic rings. The molecule has 0 saturated carbocycles. The summed E-state index contributed by atoms with van der Waals surface area (Å²) >= 11 is 0. The highest BCUT2D eigenvalue weighted by atomic mass is 16.5. The van der Waals surface area contributed by atoms with Gasteiger partial charge in [-0.25, -0.2) is 4.98 Å². The van der Waals surface area contributed by atoms with Gasteiger partial charge in [-0.1, -0.05) is 31.2 Å². The van der Waals surface area contributed by atoms with Crippen molar-refractivity contribution in [2.75, 3.05) is 6.54 Å². The molecule has 0 fully saturated rings. The van der Waals surface area contributed by atoms with Crippen LogP contribution in [0.1, 0.15) is 24.5 Å². The molecule has 3 heteroatoms. The molecule has 2 rings (SSSR count). The Morgan fingerprint density at radius 2 is 2.00 bits per heavy atom. The normalized spacial score (nSPS) is 10.4. The van der Waals surface area contributed by atoms with Crippen molar-refractivity contribution >= 4 is 0 Å². The van der Waals surface area contributed by atoms with E-state index in [0.717, 1.165) is 30.8 Å². The van der Waals surface area contributed by atoms with Crippen LogP contribution in [0.3, 0.4) is 0 Å². The number of ether oxygens (including phenoxy) is 1. The monoisotopic (exact) mass is 256 g/mol. The van der Waals surface area contributed by atoms with Crippen LogP contribution < -0.4 is 10.1 Å². The number of nitrogens with one attached hydrogen (secondary N) is 1. The summed E-state index contributed by atoms with van der Waals surface area (Å²) < 4.78 is 5.76. The number of benzene rings is 1. The fourth-order valence-electron chi connectivity index (χ4n) is 1.77. The first-order valence-corrected chi connectivity index (χ1v) is 6.68. The number of hydrogen-bond acceptors (Lipinski definition) is 3. The number of rotatable bonds is 6. The van der Waals surface area contributed by atoms with E-state index in [-0.39, 0.29) is 0 Å². The first-order chi connectivity index (χ1) is 9.29. The van der Waals surface area contributed by atoms with Crippen LogP contribution in [0.5, 0.6) is 11.6 Å². The lowest BCUT2D eigenvalue weighted by atomic mass is 10.2. The molecule has 0 amide bonds. The van der Waals surface area contributed by atoms with E-state index in [1.54, 1.807) is 0 Å². The maximum Gasteiger partial charge on any atom is 0.219 e. The Kier molecular flexibility index (Phi) is 4.93. The van der Waals surface area contributed by atoms with E-state index in [4.69, 9.17) is 4.74 Å². The van der Waals surface area contributed by atoms with Crippen molar-refractivity contribution in [1.29, 1.82) is 0 Å². The van der Waals surface area contributed by atoms with Gasteiger partial charge in [0.05, 0.1) is 0 Å². The summed E-state index contributed by atoms with van der Waals surface area (Å²) in [5, 5.41) is 3.35. The van der Waals surface area contributed by atoms with Gasteiger partial charge < -0.3 is 10.1 Å². The summed E-state index contributed by atoms with van der Waals surface area (Å²) in [4.78, 5) is 4.33. The van der Waals surface area contributed by atoms with Gasteiger partial charge >= 0.3 is 0 Å². The van der Waals surface area contributed by atoms with E-state index in [2.05, 4.69) is 17.2 Å². The number of pyridine rings is 1. The predicted molar refractivity (Wildman–Crippen MR) is 77.5 cm³/mol. The quantitative estimate of drug-likeness (QED) is 0.800. The third-order valence-electron chi connectivity index (χ3n) is 2.86. The Labute approximate surface area is 114 Å². The highest BCUT2D eigenvalue weighted by Gasteiger charge is 2.01. The van der Waals surface area contributed by atoms with Crippen molar-refractivity contribution in [1.82, 2.24) is 10.3 Å². The Morgan fingerprint density at radius 1 is 1.16 bits per heavy atom. The van der Waals surface area contributed by atoms with Gasteiger partial charge in [0.25, 0.3) is 0 Å². The number of nitrogens with zero attached hydrogens (tertiary/aromatic N) is 1. The predicted octanol–water partition coefficient (Wildman–Crippen LogP) is 3.68. The molecule has 1 N–H and O–H groups in total. The van der Waals surface area contributed by atoms with E-state index < -0.39 is 0 Å². The van der Waals surface area contributed by atoms with Crippen LogP contribution >= 0.6 is 0 Å².